The number of carbonyl (C=O) groups excluding carboxylic acids is 4. The molecule has 0 radical (unpaired) electrons. The number of likely N-dealkylation sites (N-methyl/N-ethyl adjacent to an activating group) is 3. The molecule has 1 saturated carbocycles. The number of piperazine rings is 1. The smallest absolute Gasteiger partial charge is 0.280 e. The second-order valence-corrected chi connectivity index (χ2v) is 25.0. The zero-order valence-electron chi connectivity index (χ0n) is 49.3. The number of aromatic amines is 1. The van der Waals surface area contributed by atoms with Gasteiger partial charge in [0, 0.05) is 79.2 Å². The Hall–Kier alpha value is -6.21. The van der Waals surface area contributed by atoms with E-state index in [0.717, 1.165) is 54.8 Å². The standard InChI is InChI=1S/C33H37N5O5.C18H25NO.C14H22ClN3O2/c1-32(35-29(39)21-15-23-22-10-6-11-24-28(22)20(17-34-24)16-25(23)36(2)18-21)31(41)38-26(14-19-8-4-3-5-9-19)30(40)37-13-7-12-27(37)33(38,42)43-32;1-19-10-9-18-8-4-3-5-15(18)17(19)11-13-6-7-14(20-2)12-16(13)18;1-4-18(5-2)7-6-17-14(19)10-8-11(15)12(16)9-13(10)20-3/h3-6,8-11,17,21,23,25-27,34,42H,7,12-16,18H2,1-2H3,(H,35,39);6-7,12,15,17H,3-5,8-11H2,1-2H3;8-9H,4-7,16H2,1-3H3,(H,17,19)/t21-,23-,25-,26+,27+,32-,33+;15-,17+,18+;/m11./s1. The predicted molar refractivity (Wildman–Crippen MR) is 321 cm³/mol. The molecule has 4 aromatic carbocycles. The molecule has 5 saturated heterocycles. The van der Waals surface area contributed by atoms with Gasteiger partial charge in [0.15, 0.2) is 0 Å². The number of nitrogens with two attached hydrogens (primary N) is 1. The number of methoxy groups -OCH3 is 2. The van der Waals surface area contributed by atoms with E-state index < -0.39 is 29.6 Å². The zero-order valence-corrected chi connectivity index (χ0v) is 50.1. The lowest BCUT2D eigenvalue weighted by atomic mass is 9.52. The third-order valence-electron chi connectivity index (χ3n) is 20.1. The summed E-state index contributed by atoms with van der Waals surface area (Å²) in [4.78, 5) is 67.4. The first-order valence-corrected chi connectivity index (χ1v) is 30.6. The van der Waals surface area contributed by atoms with Crippen molar-refractivity contribution in [1.29, 1.82) is 0 Å². The van der Waals surface area contributed by atoms with Crippen LogP contribution in [0.4, 0.5) is 5.69 Å². The first kappa shape index (κ1) is 58.6. The third kappa shape index (κ3) is 10.7. The fourth-order valence-electron chi connectivity index (χ4n) is 15.8. The quantitative estimate of drug-likeness (QED) is 0.0775. The maximum Gasteiger partial charge on any atom is 0.280 e. The number of piperidine rings is 2. The van der Waals surface area contributed by atoms with Crippen molar-refractivity contribution in [2.75, 3.05) is 79.9 Å². The predicted octanol–water partition coefficient (Wildman–Crippen LogP) is 7.47. The molecular weight excluding hydrogens is 1070 g/mol. The number of halogens is 1. The third-order valence-corrected chi connectivity index (χ3v) is 20.4. The molecule has 444 valence electrons. The fraction of sp³-hybridized carbons (Fsp3) is 0.538. The van der Waals surface area contributed by atoms with Crippen molar-refractivity contribution in [2.24, 2.45) is 11.8 Å². The number of rotatable bonds is 12. The highest BCUT2D eigenvalue weighted by Gasteiger charge is 2.70. The van der Waals surface area contributed by atoms with Gasteiger partial charge in [-0.3, -0.25) is 28.8 Å². The second-order valence-electron chi connectivity index (χ2n) is 24.6. The Bertz CT molecular complexity index is 3230. The highest BCUT2D eigenvalue weighted by atomic mass is 35.5. The number of hydrogen-bond acceptors (Lipinski definition) is 12. The molecule has 83 heavy (non-hydrogen) atoms. The van der Waals surface area contributed by atoms with Crippen molar-refractivity contribution in [1.82, 2.24) is 40.1 Å². The van der Waals surface area contributed by atoms with Gasteiger partial charge in [-0.2, -0.15) is 0 Å². The van der Waals surface area contributed by atoms with E-state index in [1.165, 1.54) is 86.6 Å². The first-order valence-electron chi connectivity index (χ1n) is 30.2. The Kier molecular flexibility index (Phi) is 16.7. The van der Waals surface area contributed by atoms with Gasteiger partial charge in [-0.15, -0.1) is 0 Å². The molecule has 18 heteroatoms. The van der Waals surface area contributed by atoms with E-state index >= 15 is 0 Å². The van der Waals surface area contributed by atoms with Crippen LogP contribution < -0.4 is 25.8 Å². The molecule has 10 atom stereocenters. The molecule has 0 spiro atoms. The summed E-state index contributed by atoms with van der Waals surface area (Å²) in [6.45, 7) is 11.3. The molecule has 3 aliphatic carbocycles. The van der Waals surface area contributed by atoms with Gasteiger partial charge in [0.2, 0.25) is 17.5 Å². The van der Waals surface area contributed by atoms with Gasteiger partial charge in [-0.1, -0.05) is 86.8 Å². The molecule has 5 aromatic rings. The molecule has 6 heterocycles. The van der Waals surface area contributed by atoms with E-state index in [1.54, 1.807) is 29.2 Å². The van der Waals surface area contributed by atoms with E-state index in [-0.39, 0.29) is 42.0 Å². The molecule has 4 amide bonds. The average Bonchev–Trinajstić information content (AvgIpc) is 2.06. The van der Waals surface area contributed by atoms with Crippen LogP contribution in [0.5, 0.6) is 11.5 Å². The maximum atomic E-state index is 14.2. The number of nitrogen functional groups attached to an aromatic ring is 1. The minimum Gasteiger partial charge on any atom is -0.497 e. The van der Waals surface area contributed by atoms with Crippen LogP contribution in [-0.2, 0) is 43.8 Å². The molecule has 17 nitrogen and oxygen atoms in total. The Labute approximate surface area is 493 Å². The first-order chi connectivity index (χ1) is 39.9. The number of fused-ring (bicyclic) bond motifs is 6. The number of aliphatic hydroxyl groups is 1. The zero-order chi connectivity index (χ0) is 58.5. The van der Waals surface area contributed by atoms with Crippen LogP contribution in [0, 0.1) is 11.8 Å². The normalized spacial score (nSPS) is 29.5. The van der Waals surface area contributed by atoms with Crippen LogP contribution in [0.2, 0.25) is 5.02 Å². The van der Waals surface area contributed by atoms with Crippen molar-refractivity contribution >= 4 is 51.8 Å². The number of carbonyl (C=O) groups is 4. The number of benzene rings is 4. The van der Waals surface area contributed by atoms with Gasteiger partial charge in [0.25, 0.3) is 17.7 Å². The number of nitrogens with zero attached hydrogens (tertiary/aromatic N) is 5. The van der Waals surface area contributed by atoms with Gasteiger partial charge < -0.3 is 55.5 Å². The Morgan fingerprint density at radius 2 is 1.69 bits per heavy atom. The van der Waals surface area contributed by atoms with E-state index in [9.17, 15) is 24.3 Å². The number of aromatic nitrogens is 1. The van der Waals surface area contributed by atoms with Crippen LogP contribution >= 0.6 is 11.6 Å². The average molecular weight is 1150 g/mol. The highest BCUT2D eigenvalue weighted by molar-refractivity contribution is 6.33. The molecule has 1 aromatic heterocycles. The van der Waals surface area contributed by atoms with E-state index in [2.05, 4.69) is 101 Å². The molecular formula is C65H84ClN9O8. The van der Waals surface area contributed by atoms with Gasteiger partial charge in [0.05, 0.1) is 36.4 Å². The summed E-state index contributed by atoms with van der Waals surface area (Å²) in [5, 5.41) is 19.4. The van der Waals surface area contributed by atoms with Crippen molar-refractivity contribution in [2.45, 2.75) is 139 Å². The Balaban J connectivity index is 0.000000150. The summed E-state index contributed by atoms with van der Waals surface area (Å²) in [5.74, 6) is -1.19. The number of nitrogens with one attached hydrogen (secondary N) is 3. The lowest BCUT2D eigenvalue weighted by Crippen LogP contribution is -2.71. The van der Waals surface area contributed by atoms with Gasteiger partial charge in [-0.25, -0.2) is 0 Å². The second kappa shape index (κ2) is 23.7. The van der Waals surface area contributed by atoms with Crippen LogP contribution in [-0.4, -0.2) is 168 Å². The lowest BCUT2D eigenvalue weighted by molar-refractivity contribution is -0.315. The minimum absolute atomic E-state index is 0.171. The van der Waals surface area contributed by atoms with Crippen molar-refractivity contribution in [3.8, 4) is 11.5 Å². The van der Waals surface area contributed by atoms with Crippen LogP contribution in [0.15, 0.2) is 85.1 Å². The van der Waals surface area contributed by atoms with E-state index in [0.29, 0.717) is 66.3 Å². The van der Waals surface area contributed by atoms with Crippen LogP contribution in [0.3, 0.4) is 0 Å². The summed E-state index contributed by atoms with van der Waals surface area (Å²) in [5.41, 5.74) is 12.9. The summed E-state index contributed by atoms with van der Waals surface area (Å²) in [7, 11) is 7.68. The molecule has 13 rings (SSSR count). The SMILES string of the molecule is CCN(CC)CCNC(=O)c1cc(Cl)c(N)cc1OC.CN1C[C@H](C(=O)N[C@]2(C)O[C@@]3(O)[C@@H]4CCCN4C(=O)[C@H](Cc4ccccc4)N3C2=O)C[C@@H]2c3cccc4[nH]cc(c34)C[C@H]21.COc1ccc2c(c1)[C@]13CCCC[C@@H]1[C@H](C2)N(C)CC3. The fourth-order valence-corrected chi connectivity index (χ4v) is 16.0. The molecule has 8 aliphatic rings. The number of amides is 4. The van der Waals surface area contributed by atoms with Crippen molar-refractivity contribution in [3.05, 3.63) is 123 Å². The van der Waals surface area contributed by atoms with E-state index in [4.69, 9.17) is 31.5 Å². The lowest BCUT2D eigenvalue weighted by Gasteiger charge is -2.58. The molecule has 0 unspecified atom stereocenters. The minimum atomic E-state index is -2.03. The van der Waals surface area contributed by atoms with E-state index in [1.807, 2.05) is 30.3 Å². The van der Waals surface area contributed by atoms with Crippen molar-refractivity contribution in [3.63, 3.8) is 0 Å². The molecule has 6 fully saturated rings. The van der Waals surface area contributed by atoms with Gasteiger partial charge in [-0.05, 0) is 150 Å². The maximum absolute atomic E-state index is 14.2. The Morgan fingerprint density at radius 3 is 2.45 bits per heavy atom. The van der Waals surface area contributed by atoms with Crippen molar-refractivity contribution < 1.29 is 38.5 Å². The van der Waals surface area contributed by atoms with Gasteiger partial charge >= 0.3 is 0 Å². The monoisotopic (exact) mass is 1150 g/mol. The molecule has 5 aliphatic heterocycles. The van der Waals surface area contributed by atoms with Crippen LogP contribution in [0.25, 0.3) is 10.9 Å². The number of likely N-dealkylation sites (tertiary alicyclic amines) is 2. The van der Waals surface area contributed by atoms with Crippen LogP contribution in [0.1, 0.15) is 116 Å². The largest absolute Gasteiger partial charge is 0.497 e. The molecule has 2 bridgehead atoms. The summed E-state index contributed by atoms with van der Waals surface area (Å²) in [6.07, 6.45) is 13.3. The summed E-state index contributed by atoms with van der Waals surface area (Å²) >= 11 is 5.95. The number of H-pyrrole nitrogens is 1. The number of hydrogen-bond donors (Lipinski definition) is 5. The topological polar surface area (TPSA) is 198 Å². The highest BCUT2D eigenvalue weighted by Crippen LogP contribution is 2.56. The Morgan fingerprint density at radius 1 is 0.904 bits per heavy atom. The molecule has 6 N–H and O–H groups in total. The summed E-state index contributed by atoms with van der Waals surface area (Å²) in [6, 6.07) is 25.1. The summed E-state index contributed by atoms with van der Waals surface area (Å²) < 4.78 is 16.9. The number of ether oxygens (including phenoxy) is 3. The van der Waals surface area contributed by atoms with Gasteiger partial charge in [0.1, 0.15) is 23.6 Å². The number of anilines is 1.